The first-order valence-corrected chi connectivity index (χ1v) is 6.24. The molecule has 3 aromatic rings. The quantitative estimate of drug-likeness (QED) is 0.559. The van der Waals surface area contributed by atoms with Crippen molar-refractivity contribution in [1.82, 2.24) is 0 Å². The van der Waals surface area contributed by atoms with Gasteiger partial charge in [-0.2, -0.15) is 0 Å². The molecule has 3 aromatic carbocycles. The van der Waals surface area contributed by atoms with Crippen LogP contribution in [0.1, 0.15) is 5.56 Å². The molecular weight excluding hydrogens is 244 g/mol. The highest BCUT2D eigenvalue weighted by Crippen LogP contribution is 2.33. The number of methoxy groups -OCH3 is 1. The fourth-order valence-electron chi connectivity index (χ4n) is 2.32. The van der Waals surface area contributed by atoms with Crippen LogP contribution in [0.2, 0.25) is 5.02 Å². The SMILES string of the molecule is COc1ccc2c(ccc3c(Cl)c(C)ccc32)c1. The summed E-state index contributed by atoms with van der Waals surface area (Å²) in [5.74, 6) is 0.875. The van der Waals surface area contributed by atoms with Crippen molar-refractivity contribution in [1.29, 1.82) is 0 Å². The van der Waals surface area contributed by atoms with Gasteiger partial charge < -0.3 is 4.74 Å². The van der Waals surface area contributed by atoms with Gasteiger partial charge in [0.25, 0.3) is 0 Å². The second-order valence-corrected chi connectivity index (χ2v) is 4.82. The van der Waals surface area contributed by atoms with Crippen LogP contribution in [0.25, 0.3) is 21.5 Å². The maximum atomic E-state index is 6.36. The first-order valence-electron chi connectivity index (χ1n) is 5.86. The second-order valence-electron chi connectivity index (χ2n) is 4.44. The van der Waals surface area contributed by atoms with Crippen LogP contribution in [-0.4, -0.2) is 7.11 Å². The lowest BCUT2D eigenvalue weighted by molar-refractivity contribution is 0.415. The number of fused-ring (bicyclic) bond motifs is 3. The minimum absolute atomic E-state index is 0.838. The van der Waals surface area contributed by atoms with Gasteiger partial charge in [-0.05, 0) is 40.8 Å². The van der Waals surface area contributed by atoms with Crippen LogP contribution in [0.15, 0.2) is 42.5 Å². The molecule has 90 valence electrons. The predicted molar refractivity (Wildman–Crippen MR) is 77.8 cm³/mol. The summed E-state index contributed by atoms with van der Waals surface area (Å²) >= 11 is 6.36. The lowest BCUT2D eigenvalue weighted by atomic mass is 10.0. The van der Waals surface area contributed by atoms with E-state index in [-0.39, 0.29) is 0 Å². The summed E-state index contributed by atoms with van der Waals surface area (Å²) in [6.45, 7) is 2.03. The summed E-state index contributed by atoms with van der Waals surface area (Å²) in [5, 5.41) is 5.50. The Labute approximate surface area is 111 Å². The van der Waals surface area contributed by atoms with E-state index >= 15 is 0 Å². The monoisotopic (exact) mass is 256 g/mol. The van der Waals surface area contributed by atoms with Crippen molar-refractivity contribution < 1.29 is 4.74 Å². The molecule has 0 radical (unpaired) electrons. The van der Waals surface area contributed by atoms with E-state index < -0.39 is 0 Å². The van der Waals surface area contributed by atoms with Crippen LogP contribution in [0.4, 0.5) is 0 Å². The molecule has 0 aliphatic rings. The Hall–Kier alpha value is -1.73. The van der Waals surface area contributed by atoms with E-state index in [1.54, 1.807) is 7.11 Å². The molecule has 3 rings (SSSR count). The molecule has 0 aliphatic carbocycles. The second kappa shape index (κ2) is 4.18. The van der Waals surface area contributed by atoms with Crippen molar-refractivity contribution in [3.8, 4) is 5.75 Å². The summed E-state index contributed by atoms with van der Waals surface area (Å²) in [7, 11) is 1.68. The van der Waals surface area contributed by atoms with E-state index in [0.717, 1.165) is 21.7 Å². The van der Waals surface area contributed by atoms with Gasteiger partial charge in [0, 0.05) is 5.39 Å². The molecule has 0 amide bonds. The van der Waals surface area contributed by atoms with Crippen LogP contribution in [0, 0.1) is 6.92 Å². The van der Waals surface area contributed by atoms with Crippen LogP contribution in [-0.2, 0) is 0 Å². The Balaban J connectivity index is 2.43. The van der Waals surface area contributed by atoms with Gasteiger partial charge in [0.15, 0.2) is 0 Å². The van der Waals surface area contributed by atoms with Gasteiger partial charge in [0.1, 0.15) is 5.75 Å². The molecule has 0 saturated carbocycles. The average Bonchev–Trinajstić information content (AvgIpc) is 2.41. The van der Waals surface area contributed by atoms with E-state index in [1.807, 2.05) is 19.1 Å². The third-order valence-corrected chi connectivity index (χ3v) is 3.85. The molecule has 2 heteroatoms. The van der Waals surface area contributed by atoms with Crippen LogP contribution in [0.5, 0.6) is 5.75 Å². The van der Waals surface area contributed by atoms with Crippen molar-refractivity contribution in [2.45, 2.75) is 6.92 Å². The van der Waals surface area contributed by atoms with Gasteiger partial charge in [-0.15, -0.1) is 0 Å². The smallest absolute Gasteiger partial charge is 0.119 e. The van der Waals surface area contributed by atoms with Gasteiger partial charge >= 0.3 is 0 Å². The zero-order valence-corrected chi connectivity index (χ0v) is 11.1. The van der Waals surface area contributed by atoms with Gasteiger partial charge in [-0.3, -0.25) is 0 Å². The number of hydrogen-bond acceptors (Lipinski definition) is 1. The minimum Gasteiger partial charge on any atom is -0.497 e. The van der Waals surface area contributed by atoms with Gasteiger partial charge in [0.05, 0.1) is 12.1 Å². The number of halogens is 1. The Morgan fingerprint density at radius 2 is 1.61 bits per heavy atom. The Bertz CT molecular complexity index is 747. The molecule has 0 N–H and O–H groups in total. The zero-order valence-electron chi connectivity index (χ0n) is 10.3. The molecule has 0 heterocycles. The molecule has 0 fully saturated rings. The molecule has 0 atom stereocenters. The van der Waals surface area contributed by atoms with Crippen molar-refractivity contribution in [3.05, 3.63) is 53.1 Å². The summed E-state index contributed by atoms with van der Waals surface area (Å²) in [6, 6.07) is 14.5. The average molecular weight is 257 g/mol. The standard InChI is InChI=1S/C16H13ClO/c1-10-3-6-14-13-8-5-12(18-2)9-11(13)4-7-15(14)16(10)17/h3-9H,1-2H3. The molecule has 0 saturated heterocycles. The first-order chi connectivity index (χ1) is 8.70. The maximum absolute atomic E-state index is 6.36. The molecule has 0 aromatic heterocycles. The lowest BCUT2D eigenvalue weighted by Gasteiger charge is -2.08. The normalized spacial score (nSPS) is 11.1. The number of rotatable bonds is 1. The lowest BCUT2D eigenvalue weighted by Crippen LogP contribution is -1.85. The van der Waals surface area contributed by atoms with E-state index in [4.69, 9.17) is 16.3 Å². The van der Waals surface area contributed by atoms with Crippen molar-refractivity contribution >= 4 is 33.1 Å². The summed E-state index contributed by atoms with van der Waals surface area (Å²) in [5.41, 5.74) is 1.11. The molecule has 0 unspecified atom stereocenters. The fourth-order valence-corrected chi connectivity index (χ4v) is 2.55. The van der Waals surface area contributed by atoms with Crippen LogP contribution < -0.4 is 4.74 Å². The molecule has 0 bridgehead atoms. The van der Waals surface area contributed by atoms with Gasteiger partial charge in [-0.1, -0.05) is 41.9 Å². The van der Waals surface area contributed by atoms with Gasteiger partial charge in [0.2, 0.25) is 0 Å². The number of hydrogen-bond donors (Lipinski definition) is 0. The Morgan fingerprint density at radius 3 is 2.39 bits per heavy atom. The minimum atomic E-state index is 0.838. The summed E-state index contributed by atoms with van der Waals surface area (Å²) in [6.07, 6.45) is 0. The highest BCUT2D eigenvalue weighted by molar-refractivity contribution is 6.37. The van der Waals surface area contributed by atoms with E-state index in [0.29, 0.717) is 0 Å². The highest BCUT2D eigenvalue weighted by atomic mass is 35.5. The van der Waals surface area contributed by atoms with Crippen molar-refractivity contribution in [3.63, 3.8) is 0 Å². The first kappa shape index (κ1) is 11.4. The van der Waals surface area contributed by atoms with E-state index in [9.17, 15) is 0 Å². The topological polar surface area (TPSA) is 9.23 Å². The van der Waals surface area contributed by atoms with Crippen molar-refractivity contribution in [2.75, 3.05) is 7.11 Å². The van der Waals surface area contributed by atoms with E-state index in [1.165, 1.54) is 16.2 Å². The molecule has 1 nitrogen and oxygen atoms in total. The van der Waals surface area contributed by atoms with E-state index in [2.05, 4.69) is 30.3 Å². The molecule has 18 heavy (non-hydrogen) atoms. The zero-order chi connectivity index (χ0) is 12.7. The molecular formula is C16H13ClO. The number of ether oxygens (including phenoxy) is 1. The van der Waals surface area contributed by atoms with Crippen LogP contribution in [0.3, 0.4) is 0 Å². The predicted octanol–water partition coefficient (Wildman–Crippen LogP) is 4.96. The highest BCUT2D eigenvalue weighted by Gasteiger charge is 2.06. The third-order valence-electron chi connectivity index (χ3n) is 3.35. The Morgan fingerprint density at radius 1 is 0.889 bits per heavy atom. The summed E-state index contributed by atoms with van der Waals surface area (Å²) in [4.78, 5) is 0. The largest absolute Gasteiger partial charge is 0.497 e. The maximum Gasteiger partial charge on any atom is 0.119 e. The summed E-state index contributed by atoms with van der Waals surface area (Å²) < 4.78 is 5.25. The van der Waals surface area contributed by atoms with Gasteiger partial charge in [-0.25, -0.2) is 0 Å². The number of benzene rings is 3. The number of aryl methyl sites for hydroxylation is 1. The molecule has 0 spiro atoms. The Kier molecular flexibility index (Phi) is 2.64. The third kappa shape index (κ3) is 1.63. The molecule has 0 aliphatic heterocycles. The fraction of sp³-hybridized carbons (Fsp3) is 0.125. The van der Waals surface area contributed by atoms with Crippen LogP contribution >= 0.6 is 11.6 Å². The van der Waals surface area contributed by atoms with Crippen molar-refractivity contribution in [2.24, 2.45) is 0 Å².